The first-order valence-corrected chi connectivity index (χ1v) is 4.91. The molecule has 0 atom stereocenters. The van der Waals surface area contributed by atoms with Crippen molar-refractivity contribution in [3.8, 4) is 17.2 Å². The van der Waals surface area contributed by atoms with Crippen molar-refractivity contribution >= 4 is 22.6 Å². The van der Waals surface area contributed by atoms with Crippen LogP contribution in [0.3, 0.4) is 0 Å². The summed E-state index contributed by atoms with van der Waals surface area (Å²) in [5, 5.41) is 0. The minimum absolute atomic E-state index is 0.450. The van der Waals surface area contributed by atoms with Gasteiger partial charge in [0.15, 0.2) is 11.5 Å². The van der Waals surface area contributed by atoms with Crippen molar-refractivity contribution in [2.75, 3.05) is 21.1 Å². The highest BCUT2D eigenvalue weighted by Gasteiger charge is 2.13. The van der Waals surface area contributed by atoms with Gasteiger partial charge in [-0.2, -0.15) is 0 Å². The minimum atomic E-state index is -0.856. The second kappa shape index (κ2) is 5.23. The molecule has 0 aliphatic heterocycles. The third kappa shape index (κ3) is 2.20. The maximum absolute atomic E-state index is 12.0. The van der Waals surface area contributed by atoms with E-state index in [9.17, 15) is 4.39 Å². The largest absolute Gasteiger partial charge is 0.493 e. The summed E-state index contributed by atoms with van der Waals surface area (Å²) in [6.45, 7) is -0.856. The Balaban J connectivity index is 3.13. The zero-order chi connectivity index (χ0) is 10.6. The number of ether oxygens (including phenoxy) is 3. The zero-order valence-electron chi connectivity index (χ0n) is 7.84. The van der Waals surface area contributed by atoms with Crippen LogP contribution in [-0.2, 0) is 0 Å². The van der Waals surface area contributed by atoms with Gasteiger partial charge in [-0.05, 0) is 34.7 Å². The summed E-state index contributed by atoms with van der Waals surface area (Å²) in [6, 6.07) is 3.31. The van der Waals surface area contributed by atoms with Crippen LogP contribution < -0.4 is 14.2 Å². The predicted molar refractivity (Wildman–Crippen MR) is 58.9 cm³/mol. The summed E-state index contributed by atoms with van der Waals surface area (Å²) in [4.78, 5) is 0. The fourth-order valence-electron chi connectivity index (χ4n) is 1.04. The van der Waals surface area contributed by atoms with Crippen molar-refractivity contribution in [3.63, 3.8) is 0 Å². The van der Waals surface area contributed by atoms with Crippen LogP contribution >= 0.6 is 22.6 Å². The van der Waals surface area contributed by atoms with E-state index in [4.69, 9.17) is 14.2 Å². The molecule has 0 amide bonds. The third-order valence-electron chi connectivity index (χ3n) is 1.66. The van der Waals surface area contributed by atoms with Crippen LogP contribution in [-0.4, -0.2) is 21.1 Å². The summed E-state index contributed by atoms with van der Waals surface area (Å²) in [5.74, 6) is 1.60. The van der Waals surface area contributed by atoms with Crippen LogP contribution in [0.4, 0.5) is 4.39 Å². The maximum Gasteiger partial charge on any atom is 0.228 e. The van der Waals surface area contributed by atoms with Crippen LogP contribution in [0.15, 0.2) is 12.1 Å². The molecule has 1 aromatic carbocycles. The lowest BCUT2D eigenvalue weighted by Gasteiger charge is -2.12. The Bertz CT molecular complexity index is 317. The highest BCUT2D eigenvalue weighted by Crippen LogP contribution is 2.38. The Morgan fingerprint density at radius 2 is 1.86 bits per heavy atom. The van der Waals surface area contributed by atoms with Gasteiger partial charge in [0, 0.05) is 0 Å². The van der Waals surface area contributed by atoms with E-state index in [1.54, 1.807) is 19.2 Å². The molecule has 1 rings (SSSR count). The molecular formula is C9H10FIO3. The highest BCUT2D eigenvalue weighted by molar-refractivity contribution is 14.1. The predicted octanol–water partition coefficient (Wildman–Crippen LogP) is 2.61. The van der Waals surface area contributed by atoms with Crippen molar-refractivity contribution in [1.29, 1.82) is 0 Å². The van der Waals surface area contributed by atoms with Gasteiger partial charge in [-0.3, -0.25) is 0 Å². The van der Waals surface area contributed by atoms with Gasteiger partial charge < -0.3 is 14.2 Å². The monoisotopic (exact) mass is 312 g/mol. The molecule has 0 bridgehead atoms. The van der Waals surface area contributed by atoms with Crippen LogP contribution in [0.25, 0.3) is 0 Å². The number of hydrogen-bond acceptors (Lipinski definition) is 3. The molecule has 0 aromatic heterocycles. The van der Waals surface area contributed by atoms with Crippen LogP contribution in [0.5, 0.6) is 17.2 Å². The molecule has 78 valence electrons. The molecule has 14 heavy (non-hydrogen) atoms. The minimum Gasteiger partial charge on any atom is -0.493 e. The van der Waals surface area contributed by atoms with E-state index in [1.807, 2.05) is 22.6 Å². The van der Waals surface area contributed by atoms with Crippen LogP contribution in [0.2, 0.25) is 0 Å². The van der Waals surface area contributed by atoms with Crippen molar-refractivity contribution in [1.82, 2.24) is 0 Å². The molecule has 0 radical (unpaired) electrons. The fraction of sp³-hybridized carbons (Fsp3) is 0.333. The van der Waals surface area contributed by atoms with Crippen molar-refractivity contribution in [2.24, 2.45) is 0 Å². The standard InChI is InChI=1S/C9H10FIO3/c1-12-7-4-3-6(14-5-10)8(11)9(7)13-2/h3-4H,5H2,1-2H3. The topological polar surface area (TPSA) is 27.7 Å². The molecule has 0 fully saturated rings. The Morgan fingerprint density at radius 1 is 1.21 bits per heavy atom. The average molecular weight is 312 g/mol. The van der Waals surface area contributed by atoms with Crippen molar-refractivity contribution < 1.29 is 18.6 Å². The lowest BCUT2D eigenvalue weighted by molar-refractivity contribution is 0.189. The molecule has 0 N–H and O–H groups in total. The molecule has 0 aliphatic carbocycles. The first-order valence-electron chi connectivity index (χ1n) is 3.83. The number of halogens is 2. The van der Waals surface area contributed by atoms with E-state index < -0.39 is 6.86 Å². The smallest absolute Gasteiger partial charge is 0.228 e. The molecule has 0 spiro atoms. The molecule has 0 heterocycles. The van der Waals surface area contributed by atoms with E-state index in [2.05, 4.69) is 0 Å². The van der Waals surface area contributed by atoms with Crippen molar-refractivity contribution in [2.45, 2.75) is 0 Å². The molecule has 0 saturated heterocycles. The van der Waals surface area contributed by atoms with Gasteiger partial charge >= 0.3 is 0 Å². The van der Waals surface area contributed by atoms with E-state index >= 15 is 0 Å². The van der Waals surface area contributed by atoms with Gasteiger partial charge in [0.2, 0.25) is 6.86 Å². The number of methoxy groups -OCH3 is 2. The molecule has 3 nitrogen and oxygen atoms in total. The second-order valence-corrected chi connectivity index (χ2v) is 3.45. The van der Waals surface area contributed by atoms with Gasteiger partial charge in [0.25, 0.3) is 0 Å². The van der Waals surface area contributed by atoms with Crippen molar-refractivity contribution in [3.05, 3.63) is 15.7 Å². The first-order chi connectivity index (χ1) is 6.74. The molecule has 0 aliphatic rings. The maximum atomic E-state index is 12.0. The van der Waals surface area contributed by atoms with Gasteiger partial charge in [-0.15, -0.1) is 0 Å². The van der Waals surface area contributed by atoms with E-state index in [0.29, 0.717) is 20.8 Å². The third-order valence-corrected chi connectivity index (χ3v) is 2.68. The normalized spacial score (nSPS) is 9.71. The van der Waals surface area contributed by atoms with Gasteiger partial charge in [0.05, 0.1) is 14.2 Å². The summed E-state index contributed by atoms with van der Waals surface area (Å²) in [6.07, 6.45) is 0. The zero-order valence-corrected chi connectivity index (χ0v) is 10.00. The number of benzene rings is 1. The van der Waals surface area contributed by atoms with E-state index in [1.165, 1.54) is 7.11 Å². The van der Waals surface area contributed by atoms with Crippen LogP contribution in [0, 0.1) is 3.57 Å². The van der Waals surface area contributed by atoms with Gasteiger partial charge in [0.1, 0.15) is 9.32 Å². The SMILES string of the molecule is COc1ccc(OCF)c(I)c1OC. The van der Waals surface area contributed by atoms with E-state index in [-0.39, 0.29) is 0 Å². The van der Waals surface area contributed by atoms with Crippen LogP contribution in [0.1, 0.15) is 0 Å². The summed E-state index contributed by atoms with van der Waals surface area (Å²) < 4.78 is 27.6. The second-order valence-electron chi connectivity index (χ2n) is 2.37. The lowest BCUT2D eigenvalue weighted by atomic mass is 10.3. The van der Waals surface area contributed by atoms with E-state index in [0.717, 1.165) is 0 Å². The molecule has 0 saturated carbocycles. The molecular weight excluding hydrogens is 302 g/mol. The summed E-state index contributed by atoms with van der Waals surface area (Å²) >= 11 is 2.02. The number of alkyl halides is 1. The number of hydrogen-bond donors (Lipinski definition) is 0. The first kappa shape index (κ1) is 11.4. The van der Waals surface area contributed by atoms with Gasteiger partial charge in [-0.25, -0.2) is 4.39 Å². The molecule has 0 unspecified atom stereocenters. The highest BCUT2D eigenvalue weighted by atomic mass is 127. The average Bonchev–Trinajstić information content (AvgIpc) is 2.21. The summed E-state index contributed by atoms with van der Waals surface area (Å²) in [5.41, 5.74) is 0. The molecule has 1 aromatic rings. The Kier molecular flexibility index (Phi) is 4.24. The lowest BCUT2D eigenvalue weighted by Crippen LogP contribution is -1.97. The summed E-state index contributed by atoms with van der Waals surface area (Å²) in [7, 11) is 3.07. The fourth-order valence-corrected chi connectivity index (χ4v) is 1.86. The number of rotatable bonds is 4. The van der Waals surface area contributed by atoms with Gasteiger partial charge in [-0.1, -0.05) is 0 Å². The Morgan fingerprint density at radius 3 is 2.36 bits per heavy atom. The molecule has 5 heteroatoms. The Hall–Kier alpha value is -0.720. The quantitative estimate of drug-likeness (QED) is 0.800. The Labute approximate surface area is 95.3 Å².